The Morgan fingerprint density at radius 3 is 3.00 bits per heavy atom. The third kappa shape index (κ3) is 6.44. The van der Waals surface area contributed by atoms with E-state index in [-0.39, 0.29) is 6.10 Å². The van der Waals surface area contributed by atoms with Gasteiger partial charge in [0.15, 0.2) is 5.96 Å². The van der Waals surface area contributed by atoms with Crippen LogP contribution in [0.2, 0.25) is 5.02 Å². The molecule has 1 aromatic heterocycles. The quantitative estimate of drug-likeness (QED) is 0.527. The van der Waals surface area contributed by atoms with E-state index < -0.39 is 0 Å². The lowest BCUT2D eigenvalue weighted by molar-refractivity contribution is 0.0223. The predicted octanol–water partition coefficient (Wildman–Crippen LogP) is 3.14. The standard InChI is InChI=1S/C21H31ClN6O/c1-3-20-26-25-16-28(20)12-11-23-21(24-14-18-9-6-7-13-29-18)27(2)15-17-8-4-5-10-19(17)22/h4-5,8,10,16,18H,3,6-7,9,11-15H2,1-2H3,(H,23,24). The Labute approximate surface area is 178 Å². The Morgan fingerprint density at radius 1 is 1.38 bits per heavy atom. The second-order valence-corrected chi connectivity index (χ2v) is 7.73. The van der Waals surface area contributed by atoms with Crippen LogP contribution in [0.25, 0.3) is 0 Å². The molecule has 1 unspecified atom stereocenters. The van der Waals surface area contributed by atoms with Crippen molar-refractivity contribution >= 4 is 17.6 Å². The largest absolute Gasteiger partial charge is 0.376 e. The molecule has 1 atom stereocenters. The van der Waals surface area contributed by atoms with Crippen molar-refractivity contribution in [3.05, 3.63) is 47.0 Å². The van der Waals surface area contributed by atoms with Gasteiger partial charge in [-0.2, -0.15) is 0 Å². The zero-order valence-electron chi connectivity index (χ0n) is 17.4. The highest BCUT2D eigenvalue weighted by Gasteiger charge is 2.15. The average molecular weight is 419 g/mol. The molecule has 1 aromatic carbocycles. The van der Waals surface area contributed by atoms with E-state index >= 15 is 0 Å². The Bertz CT molecular complexity index is 787. The number of hydrogen-bond acceptors (Lipinski definition) is 4. The van der Waals surface area contributed by atoms with Crippen LogP contribution in [0.15, 0.2) is 35.6 Å². The van der Waals surface area contributed by atoms with Gasteiger partial charge in [-0.15, -0.1) is 10.2 Å². The Hall–Kier alpha value is -2.12. The van der Waals surface area contributed by atoms with Gasteiger partial charge in [0.05, 0.1) is 12.6 Å². The zero-order valence-corrected chi connectivity index (χ0v) is 18.1. The first-order valence-electron chi connectivity index (χ1n) is 10.4. The molecule has 0 spiro atoms. The second kappa shape index (κ2) is 11.2. The number of nitrogens with one attached hydrogen (secondary N) is 1. The van der Waals surface area contributed by atoms with Crippen molar-refractivity contribution in [3.8, 4) is 0 Å². The van der Waals surface area contributed by atoms with Gasteiger partial charge in [0.25, 0.3) is 0 Å². The molecule has 0 amide bonds. The van der Waals surface area contributed by atoms with Crippen LogP contribution in [-0.4, -0.2) is 58.5 Å². The molecule has 1 aliphatic rings. The summed E-state index contributed by atoms with van der Waals surface area (Å²) in [6, 6.07) is 7.92. The minimum absolute atomic E-state index is 0.207. The van der Waals surface area contributed by atoms with E-state index in [1.165, 1.54) is 6.42 Å². The minimum Gasteiger partial charge on any atom is -0.376 e. The lowest BCUT2D eigenvalue weighted by Crippen LogP contribution is -2.41. The summed E-state index contributed by atoms with van der Waals surface area (Å²) in [6.07, 6.45) is 6.29. The second-order valence-electron chi connectivity index (χ2n) is 7.32. The third-order valence-corrected chi connectivity index (χ3v) is 5.46. The summed E-state index contributed by atoms with van der Waals surface area (Å²) >= 11 is 6.35. The van der Waals surface area contributed by atoms with Crippen LogP contribution in [0, 0.1) is 0 Å². The van der Waals surface area contributed by atoms with Gasteiger partial charge in [-0.25, -0.2) is 0 Å². The maximum Gasteiger partial charge on any atom is 0.194 e. The first-order chi connectivity index (χ1) is 14.2. The molecule has 0 aliphatic carbocycles. The van der Waals surface area contributed by atoms with Crippen LogP contribution in [0.1, 0.15) is 37.6 Å². The molecular formula is C21H31ClN6O. The van der Waals surface area contributed by atoms with E-state index in [0.717, 1.165) is 61.3 Å². The van der Waals surface area contributed by atoms with Crippen LogP contribution in [-0.2, 0) is 24.2 Å². The third-order valence-electron chi connectivity index (χ3n) is 5.09. The summed E-state index contributed by atoms with van der Waals surface area (Å²) in [5.74, 6) is 1.84. The fraction of sp³-hybridized carbons (Fsp3) is 0.571. The van der Waals surface area contributed by atoms with Crippen molar-refractivity contribution in [2.24, 2.45) is 4.99 Å². The summed E-state index contributed by atoms with van der Waals surface area (Å²) in [4.78, 5) is 6.97. The number of ether oxygens (including phenoxy) is 1. The van der Waals surface area contributed by atoms with Crippen LogP contribution in [0.3, 0.4) is 0 Å². The summed E-state index contributed by atoms with van der Waals surface area (Å²) < 4.78 is 7.92. The van der Waals surface area contributed by atoms with Crippen molar-refractivity contribution < 1.29 is 4.74 Å². The molecule has 0 bridgehead atoms. The zero-order chi connectivity index (χ0) is 20.5. The van der Waals surface area contributed by atoms with Crippen LogP contribution < -0.4 is 5.32 Å². The molecule has 1 aliphatic heterocycles. The molecule has 3 rings (SSSR count). The summed E-state index contributed by atoms with van der Waals surface area (Å²) in [7, 11) is 2.03. The van der Waals surface area contributed by atoms with E-state index in [1.807, 2.05) is 31.3 Å². The smallest absolute Gasteiger partial charge is 0.194 e. The number of benzene rings is 1. The highest BCUT2D eigenvalue weighted by molar-refractivity contribution is 6.31. The fourth-order valence-corrected chi connectivity index (χ4v) is 3.63. The number of rotatable bonds is 8. The van der Waals surface area contributed by atoms with Crippen LogP contribution in [0.5, 0.6) is 0 Å². The van der Waals surface area contributed by atoms with Crippen molar-refractivity contribution in [1.82, 2.24) is 25.0 Å². The summed E-state index contributed by atoms with van der Waals surface area (Å²) in [5, 5.41) is 12.4. The molecular weight excluding hydrogens is 388 g/mol. The molecule has 1 saturated heterocycles. The van der Waals surface area contributed by atoms with Gasteiger partial charge in [0, 0.05) is 44.7 Å². The first kappa shape index (κ1) is 21.6. The molecule has 1 fully saturated rings. The van der Waals surface area contributed by atoms with E-state index in [4.69, 9.17) is 21.3 Å². The molecule has 1 N–H and O–H groups in total. The normalized spacial score (nSPS) is 17.3. The molecule has 158 valence electrons. The van der Waals surface area contributed by atoms with E-state index in [2.05, 4.69) is 31.9 Å². The molecule has 0 saturated carbocycles. The minimum atomic E-state index is 0.207. The summed E-state index contributed by atoms with van der Waals surface area (Å²) in [5.41, 5.74) is 1.08. The topological polar surface area (TPSA) is 67.6 Å². The van der Waals surface area contributed by atoms with Gasteiger partial charge in [0.2, 0.25) is 0 Å². The maximum absolute atomic E-state index is 6.35. The lowest BCUT2D eigenvalue weighted by atomic mass is 10.1. The SMILES string of the molecule is CCc1nncn1CCNC(=NCC1CCCCO1)N(C)Cc1ccccc1Cl. The van der Waals surface area contributed by atoms with Crippen molar-refractivity contribution in [3.63, 3.8) is 0 Å². The van der Waals surface area contributed by atoms with Crippen LogP contribution >= 0.6 is 11.6 Å². The summed E-state index contributed by atoms with van der Waals surface area (Å²) in [6.45, 7) is 5.80. The number of halogens is 1. The highest BCUT2D eigenvalue weighted by atomic mass is 35.5. The predicted molar refractivity (Wildman–Crippen MR) is 116 cm³/mol. The van der Waals surface area contributed by atoms with E-state index in [1.54, 1.807) is 6.33 Å². The lowest BCUT2D eigenvalue weighted by Gasteiger charge is -2.25. The number of aliphatic imine (C=N–C) groups is 1. The van der Waals surface area contributed by atoms with E-state index in [0.29, 0.717) is 13.1 Å². The number of aromatic nitrogens is 3. The molecule has 0 radical (unpaired) electrons. The molecule has 8 heteroatoms. The highest BCUT2D eigenvalue weighted by Crippen LogP contribution is 2.17. The number of hydrogen-bond donors (Lipinski definition) is 1. The van der Waals surface area contributed by atoms with Crippen molar-refractivity contribution in [1.29, 1.82) is 0 Å². The molecule has 2 heterocycles. The Morgan fingerprint density at radius 2 is 2.24 bits per heavy atom. The average Bonchev–Trinajstić information content (AvgIpc) is 3.20. The fourth-order valence-electron chi connectivity index (χ4n) is 3.44. The van der Waals surface area contributed by atoms with Gasteiger partial charge in [-0.1, -0.05) is 36.7 Å². The monoisotopic (exact) mass is 418 g/mol. The van der Waals surface area contributed by atoms with E-state index in [9.17, 15) is 0 Å². The molecule has 2 aromatic rings. The Kier molecular flexibility index (Phi) is 8.31. The van der Waals surface area contributed by atoms with Gasteiger partial charge in [0.1, 0.15) is 12.2 Å². The maximum atomic E-state index is 6.35. The molecule has 7 nitrogen and oxygen atoms in total. The van der Waals surface area contributed by atoms with Crippen LogP contribution in [0.4, 0.5) is 0 Å². The number of guanidine groups is 1. The first-order valence-corrected chi connectivity index (χ1v) is 10.8. The van der Waals surface area contributed by atoms with Gasteiger partial charge in [-0.3, -0.25) is 4.99 Å². The molecule has 29 heavy (non-hydrogen) atoms. The van der Waals surface area contributed by atoms with Crippen molar-refractivity contribution in [2.45, 2.75) is 51.8 Å². The van der Waals surface area contributed by atoms with Gasteiger partial charge < -0.3 is 19.5 Å². The van der Waals surface area contributed by atoms with Gasteiger partial charge in [-0.05, 0) is 30.9 Å². The Balaban J connectivity index is 1.64. The number of aryl methyl sites for hydroxylation is 1. The number of nitrogens with zero attached hydrogens (tertiary/aromatic N) is 5. The van der Waals surface area contributed by atoms with Gasteiger partial charge >= 0.3 is 0 Å². The van der Waals surface area contributed by atoms with Crippen molar-refractivity contribution in [2.75, 3.05) is 26.7 Å².